The van der Waals surface area contributed by atoms with Crippen LogP contribution in [0, 0.1) is 13.8 Å². The van der Waals surface area contributed by atoms with Gasteiger partial charge in [0.15, 0.2) is 0 Å². The molecule has 0 amide bonds. The maximum absolute atomic E-state index is 4.18. The highest BCUT2D eigenvalue weighted by molar-refractivity contribution is 7.09. The van der Waals surface area contributed by atoms with Gasteiger partial charge < -0.3 is 5.32 Å². The first-order valence-corrected chi connectivity index (χ1v) is 6.39. The van der Waals surface area contributed by atoms with Crippen molar-refractivity contribution < 1.29 is 0 Å². The first kappa shape index (κ1) is 11.4. The Balaban J connectivity index is 1.76. The summed E-state index contributed by atoms with van der Waals surface area (Å²) in [5, 5.41) is 12.8. The lowest BCUT2D eigenvalue weighted by Crippen LogP contribution is -2.17. The molecule has 16 heavy (non-hydrogen) atoms. The minimum atomic E-state index is 0.902. The number of nitrogens with one attached hydrogen (secondary N) is 2. The van der Waals surface area contributed by atoms with E-state index in [0.29, 0.717) is 0 Å². The molecule has 0 saturated heterocycles. The van der Waals surface area contributed by atoms with Crippen molar-refractivity contribution in [2.24, 2.45) is 0 Å². The summed E-state index contributed by atoms with van der Waals surface area (Å²) in [7, 11) is 0. The highest BCUT2D eigenvalue weighted by Crippen LogP contribution is 2.10. The molecule has 3 nitrogen and oxygen atoms in total. The van der Waals surface area contributed by atoms with Gasteiger partial charge in [-0.1, -0.05) is 6.07 Å². The van der Waals surface area contributed by atoms with Crippen LogP contribution in [0.25, 0.3) is 0 Å². The van der Waals surface area contributed by atoms with Crippen molar-refractivity contribution in [3.8, 4) is 0 Å². The summed E-state index contributed by atoms with van der Waals surface area (Å²) in [5.41, 5.74) is 3.56. The third-order valence-electron chi connectivity index (χ3n) is 2.71. The van der Waals surface area contributed by atoms with Crippen molar-refractivity contribution in [2.75, 3.05) is 6.54 Å². The van der Waals surface area contributed by atoms with E-state index in [-0.39, 0.29) is 0 Å². The Morgan fingerprint density at radius 3 is 2.94 bits per heavy atom. The van der Waals surface area contributed by atoms with Crippen LogP contribution in [0.3, 0.4) is 0 Å². The van der Waals surface area contributed by atoms with Gasteiger partial charge >= 0.3 is 0 Å². The van der Waals surface area contributed by atoms with Crippen molar-refractivity contribution in [2.45, 2.75) is 26.8 Å². The summed E-state index contributed by atoms with van der Waals surface area (Å²) in [5.74, 6) is 0. The zero-order valence-electron chi connectivity index (χ0n) is 9.71. The Hall–Kier alpha value is -1.13. The minimum absolute atomic E-state index is 0.902. The largest absolute Gasteiger partial charge is 0.312 e. The average Bonchev–Trinajstić information content (AvgIpc) is 2.87. The summed E-state index contributed by atoms with van der Waals surface area (Å²) >= 11 is 1.82. The zero-order chi connectivity index (χ0) is 11.4. The fourth-order valence-corrected chi connectivity index (χ4v) is 2.42. The fourth-order valence-electron chi connectivity index (χ4n) is 1.71. The highest BCUT2D eigenvalue weighted by atomic mass is 32.1. The second-order valence-electron chi connectivity index (χ2n) is 3.92. The molecule has 0 aromatic carbocycles. The van der Waals surface area contributed by atoms with Gasteiger partial charge in [0, 0.05) is 29.2 Å². The Labute approximate surface area is 99.9 Å². The van der Waals surface area contributed by atoms with Gasteiger partial charge in [-0.2, -0.15) is 5.10 Å². The molecule has 2 N–H and O–H groups in total. The Morgan fingerprint density at radius 1 is 1.44 bits per heavy atom. The Morgan fingerprint density at radius 2 is 2.31 bits per heavy atom. The molecule has 0 aliphatic carbocycles. The van der Waals surface area contributed by atoms with Crippen LogP contribution in [0.2, 0.25) is 0 Å². The summed E-state index contributed by atoms with van der Waals surface area (Å²) in [6, 6.07) is 4.28. The fraction of sp³-hybridized carbons (Fsp3) is 0.417. The van der Waals surface area contributed by atoms with Crippen molar-refractivity contribution in [3.63, 3.8) is 0 Å². The lowest BCUT2D eigenvalue weighted by molar-refractivity contribution is 0.686. The number of hydrogen-bond acceptors (Lipinski definition) is 3. The smallest absolute Gasteiger partial charge is 0.0638 e. The predicted octanol–water partition coefficient (Wildman–Crippen LogP) is 2.42. The van der Waals surface area contributed by atoms with E-state index < -0.39 is 0 Å². The third kappa shape index (κ3) is 2.71. The number of hydrogen-bond donors (Lipinski definition) is 2. The van der Waals surface area contributed by atoms with Crippen molar-refractivity contribution in [1.29, 1.82) is 0 Å². The van der Waals surface area contributed by atoms with Gasteiger partial charge in [-0.05, 0) is 31.7 Å². The normalized spacial score (nSPS) is 10.9. The molecule has 0 unspecified atom stereocenters. The average molecular weight is 235 g/mol. The molecule has 0 radical (unpaired) electrons. The van der Waals surface area contributed by atoms with E-state index in [2.05, 4.69) is 40.0 Å². The first-order chi connectivity index (χ1) is 7.77. The molecular formula is C12H17N3S. The zero-order valence-corrected chi connectivity index (χ0v) is 10.5. The van der Waals surface area contributed by atoms with Crippen molar-refractivity contribution in [3.05, 3.63) is 39.3 Å². The minimum Gasteiger partial charge on any atom is -0.312 e. The van der Waals surface area contributed by atoms with Crippen molar-refractivity contribution >= 4 is 11.3 Å². The van der Waals surface area contributed by atoms with Crippen molar-refractivity contribution in [1.82, 2.24) is 15.5 Å². The summed E-state index contributed by atoms with van der Waals surface area (Å²) < 4.78 is 0. The lowest BCUT2D eigenvalue weighted by Gasteiger charge is -2.03. The van der Waals surface area contributed by atoms with Gasteiger partial charge in [-0.25, -0.2) is 0 Å². The molecule has 0 bridgehead atoms. The van der Waals surface area contributed by atoms with E-state index in [1.807, 2.05) is 18.3 Å². The molecule has 0 aliphatic rings. The van der Waals surface area contributed by atoms with Gasteiger partial charge in [0.2, 0.25) is 0 Å². The number of thiophene rings is 1. The molecule has 0 aliphatic heterocycles. The van der Waals surface area contributed by atoms with Crippen LogP contribution in [0.15, 0.2) is 17.5 Å². The van der Waals surface area contributed by atoms with Gasteiger partial charge in [0.25, 0.3) is 0 Å². The topological polar surface area (TPSA) is 40.7 Å². The van der Waals surface area contributed by atoms with E-state index in [4.69, 9.17) is 0 Å². The molecular weight excluding hydrogens is 218 g/mol. The van der Waals surface area contributed by atoms with E-state index in [0.717, 1.165) is 25.2 Å². The number of aromatic nitrogens is 2. The van der Waals surface area contributed by atoms with Crippen LogP contribution in [0.4, 0.5) is 0 Å². The number of H-pyrrole nitrogens is 1. The monoisotopic (exact) mass is 235 g/mol. The second-order valence-corrected chi connectivity index (χ2v) is 4.95. The standard InChI is InChI=1S/C12H17N3S/c1-9-12(10(2)15-14-9)8-13-6-5-11-4-3-7-16-11/h3-4,7,13H,5-6,8H2,1-2H3,(H,14,15). The third-order valence-corrected chi connectivity index (χ3v) is 3.65. The van der Waals surface area contributed by atoms with Gasteiger partial charge in [-0.15, -0.1) is 11.3 Å². The number of rotatable bonds is 5. The number of nitrogens with zero attached hydrogens (tertiary/aromatic N) is 1. The summed E-state index contributed by atoms with van der Waals surface area (Å²) in [6.45, 7) is 6.03. The SMILES string of the molecule is Cc1n[nH]c(C)c1CNCCc1cccs1. The predicted molar refractivity (Wildman–Crippen MR) is 67.8 cm³/mol. The lowest BCUT2D eigenvalue weighted by atomic mass is 10.2. The van der Waals surface area contributed by atoms with Crippen LogP contribution in [-0.4, -0.2) is 16.7 Å². The first-order valence-electron chi connectivity index (χ1n) is 5.51. The molecule has 2 rings (SSSR count). The van der Waals surface area contributed by atoms with Gasteiger partial charge in [0.05, 0.1) is 5.69 Å². The number of aromatic amines is 1. The van der Waals surface area contributed by atoms with E-state index >= 15 is 0 Å². The maximum Gasteiger partial charge on any atom is 0.0638 e. The summed E-state index contributed by atoms with van der Waals surface area (Å²) in [6.07, 6.45) is 1.10. The molecule has 86 valence electrons. The molecule has 2 aromatic rings. The highest BCUT2D eigenvalue weighted by Gasteiger charge is 2.04. The molecule has 4 heteroatoms. The van der Waals surface area contributed by atoms with E-state index in [9.17, 15) is 0 Å². The molecule has 2 aromatic heterocycles. The number of aryl methyl sites for hydroxylation is 2. The molecule has 0 spiro atoms. The van der Waals surface area contributed by atoms with Gasteiger partial charge in [0.1, 0.15) is 0 Å². The second kappa shape index (κ2) is 5.27. The van der Waals surface area contributed by atoms with Crippen LogP contribution in [-0.2, 0) is 13.0 Å². The summed E-state index contributed by atoms with van der Waals surface area (Å²) in [4.78, 5) is 1.44. The van der Waals surface area contributed by atoms with Crippen LogP contribution >= 0.6 is 11.3 Å². The van der Waals surface area contributed by atoms with E-state index in [1.165, 1.54) is 16.1 Å². The van der Waals surface area contributed by atoms with Crippen LogP contribution in [0.1, 0.15) is 21.8 Å². The molecule has 0 atom stereocenters. The van der Waals surface area contributed by atoms with Gasteiger partial charge in [-0.3, -0.25) is 5.10 Å². The quantitative estimate of drug-likeness (QED) is 0.781. The van der Waals surface area contributed by atoms with E-state index in [1.54, 1.807) is 0 Å². The Kier molecular flexibility index (Phi) is 3.74. The maximum atomic E-state index is 4.18. The molecule has 2 heterocycles. The molecule has 0 saturated carbocycles. The van der Waals surface area contributed by atoms with Crippen LogP contribution in [0.5, 0.6) is 0 Å². The Bertz CT molecular complexity index is 412. The van der Waals surface area contributed by atoms with Crippen LogP contribution < -0.4 is 5.32 Å². The molecule has 0 fully saturated rings.